The predicted molar refractivity (Wildman–Crippen MR) is 57.1 cm³/mol. The number of rotatable bonds is 3. The van der Waals surface area contributed by atoms with Crippen LogP contribution in [0.2, 0.25) is 0 Å². The zero-order valence-electron chi connectivity index (χ0n) is 9.67. The number of hydrogen-bond donors (Lipinski definition) is 0. The lowest BCUT2D eigenvalue weighted by Crippen LogP contribution is -2.10. The van der Waals surface area contributed by atoms with Gasteiger partial charge in [-0.05, 0) is 23.5 Å². The minimum absolute atomic E-state index is 0.236. The van der Waals surface area contributed by atoms with E-state index in [0.717, 1.165) is 18.1 Å². The number of alkyl halides is 3. The van der Waals surface area contributed by atoms with Crippen LogP contribution >= 0.6 is 0 Å². The van der Waals surface area contributed by atoms with E-state index in [9.17, 15) is 13.2 Å². The lowest BCUT2D eigenvalue weighted by atomic mass is 9.88. The van der Waals surface area contributed by atoms with Crippen molar-refractivity contribution in [2.75, 3.05) is 0 Å². The van der Waals surface area contributed by atoms with Crippen LogP contribution in [0, 0.1) is 5.92 Å². The third kappa shape index (κ3) is 2.97. The molecular formula is C12H16F3N. The van der Waals surface area contributed by atoms with Crippen LogP contribution in [-0.2, 0) is 6.18 Å². The summed E-state index contributed by atoms with van der Waals surface area (Å²) >= 11 is 0. The van der Waals surface area contributed by atoms with Gasteiger partial charge in [0.25, 0.3) is 0 Å². The largest absolute Gasteiger partial charge is 0.433 e. The Morgan fingerprint density at radius 3 is 2.25 bits per heavy atom. The summed E-state index contributed by atoms with van der Waals surface area (Å²) in [6.45, 7) is 6.17. The van der Waals surface area contributed by atoms with Crippen LogP contribution in [0.3, 0.4) is 0 Å². The van der Waals surface area contributed by atoms with Gasteiger partial charge in [0.2, 0.25) is 0 Å². The average Bonchev–Trinajstić information content (AvgIpc) is 2.26. The first-order chi connectivity index (χ1) is 7.36. The summed E-state index contributed by atoms with van der Waals surface area (Å²) in [6.07, 6.45) is -2.01. The van der Waals surface area contributed by atoms with Gasteiger partial charge in [0.1, 0.15) is 5.69 Å². The number of aromatic nitrogens is 1. The maximum absolute atomic E-state index is 12.3. The van der Waals surface area contributed by atoms with E-state index in [1.807, 2.05) is 6.92 Å². The first kappa shape index (κ1) is 13.0. The van der Waals surface area contributed by atoms with Crippen LogP contribution in [0.4, 0.5) is 13.2 Å². The van der Waals surface area contributed by atoms with Gasteiger partial charge in [0.05, 0.1) is 0 Å². The third-order valence-corrected chi connectivity index (χ3v) is 3.10. The van der Waals surface area contributed by atoms with E-state index in [-0.39, 0.29) is 5.92 Å². The second-order valence-electron chi connectivity index (χ2n) is 4.15. The van der Waals surface area contributed by atoms with Crippen LogP contribution < -0.4 is 0 Å². The van der Waals surface area contributed by atoms with Crippen LogP contribution in [-0.4, -0.2) is 4.98 Å². The Labute approximate surface area is 93.7 Å². The monoisotopic (exact) mass is 231 g/mol. The maximum atomic E-state index is 12.3. The van der Waals surface area contributed by atoms with Crippen molar-refractivity contribution < 1.29 is 13.2 Å². The molecule has 0 N–H and O–H groups in total. The molecule has 4 heteroatoms. The Morgan fingerprint density at radius 2 is 1.88 bits per heavy atom. The maximum Gasteiger partial charge on any atom is 0.433 e. The van der Waals surface area contributed by atoms with Crippen LogP contribution in [0.5, 0.6) is 0 Å². The van der Waals surface area contributed by atoms with E-state index in [1.54, 1.807) is 0 Å². The van der Waals surface area contributed by atoms with Crippen molar-refractivity contribution in [2.45, 2.75) is 39.3 Å². The molecule has 1 nitrogen and oxygen atoms in total. The van der Waals surface area contributed by atoms with E-state index in [4.69, 9.17) is 0 Å². The van der Waals surface area contributed by atoms with Gasteiger partial charge in [-0.2, -0.15) is 13.2 Å². The van der Waals surface area contributed by atoms with E-state index in [0.29, 0.717) is 5.92 Å². The zero-order valence-corrected chi connectivity index (χ0v) is 9.67. The summed E-state index contributed by atoms with van der Waals surface area (Å²) in [6, 6.07) is 2.57. The van der Waals surface area contributed by atoms with Crippen molar-refractivity contribution in [2.24, 2.45) is 5.92 Å². The van der Waals surface area contributed by atoms with Crippen molar-refractivity contribution in [1.82, 2.24) is 4.98 Å². The molecule has 0 amide bonds. The Hall–Kier alpha value is -1.06. The molecule has 16 heavy (non-hydrogen) atoms. The predicted octanol–water partition coefficient (Wildman–Crippen LogP) is 4.25. The Morgan fingerprint density at radius 1 is 1.25 bits per heavy atom. The quantitative estimate of drug-likeness (QED) is 0.757. The van der Waals surface area contributed by atoms with E-state index >= 15 is 0 Å². The number of hydrogen-bond acceptors (Lipinski definition) is 1. The summed E-state index contributed by atoms with van der Waals surface area (Å²) in [4.78, 5) is 3.46. The topological polar surface area (TPSA) is 12.9 Å². The Bertz CT molecular complexity index is 329. The van der Waals surface area contributed by atoms with Crippen molar-refractivity contribution in [1.29, 1.82) is 0 Å². The van der Waals surface area contributed by atoms with Crippen LogP contribution in [0.25, 0.3) is 0 Å². The molecule has 2 atom stereocenters. The molecule has 0 aromatic carbocycles. The van der Waals surface area contributed by atoms with Gasteiger partial charge in [-0.1, -0.05) is 33.3 Å². The molecule has 0 aliphatic heterocycles. The van der Waals surface area contributed by atoms with E-state index < -0.39 is 11.9 Å². The summed E-state index contributed by atoms with van der Waals surface area (Å²) in [5.74, 6) is 0.679. The molecule has 0 saturated heterocycles. The van der Waals surface area contributed by atoms with Crippen molar-refractivity contribution in [3.05, 3.63) is 29.6 Å². The molecule has 0 spiro atoms. The van der Waals surface area contributed by atoms with Gasteiger partial charge in [-0.25, -0.2) is 0 Å². The summed E-state index contributed by atoms with van der Waals surface area (Å²) < 4.78 is 36.8. The lowest BCUT2D eigenvalue weighted by Gasteiger charge is -2.18. The van der Waals surface area contributed by atoms with Crippen molar-refractivity contribution >= 4 is 0 Å². The number of nitrogens with zero attached hydrogens (tertiary/aromatic N) is 1. The average molecular weight is 231 g/mol. The summed E-state index contributed by atoms with van der Waals surface area (Å²) in [5.41, 5.74) is 0.0370. The summed E-state index contributed by atoms with van der Waals surface area (Å²) in [5, 5.41) is 0. The Balaban J connectivity index is 2.87. The second-order valence-corrected chi connectivity index (χ2v) is 4.15. The van der Waals surface area contributed by atoms with Gasteiger partial charge in [0, 0.05) is 6.20 Å². The highest BCUT2D eigenvalue weighted by Crippen LogP contribution is 2.30. The molecule has 1 rings (SSSR count). The van der Waals surface area contributed by atoms with Gasteiger partial charge in [-0.3, -0.25) is 4.98 Å². The zero-order chi connectivity index (χ0) is 12.3. The highest BCUT2D eigenvalue weighted by Gasteiger charge is 2.32. The normalized spacial score (nSPS) is 15.9. The smallest absolute Gasteiger partial charge is 0.251 e. The molecule has 1 unspecified atom stereocenters. The fraction of sp³-hybridized carbons (Fsp3) is 0.583. The van der Waals surface area contributed by atoms with Crippen molar-refractivity contribution in [3.63, 3.8) is 0 Å². The molecule has 1 aromatic heterocycles. The molecule has 0 bridgehead atoms. The fourth-order valence-electron chi connectivity index (χ4n) is 1.52. The summed E-state index contributed by atoms with van der Waals surface area (Å²) in [7, 11) is 0. The van der Waals surface area contributed by atoms with Gasteiger partial charge in [0.15, 0.2) is 0 Å². The lowest BCUT2D eigenvalue weighted by molar-refractivity contribution is -0.141. The standard InChI is InChI=1S/C12H16F3N/c1-4-8(2)9(3)10-5-6-11(16-7-10)12(13,14)15/h5-9H,4H2,1-3H3/t8?,9-/m0/s1. The van der Waals surface area contributed by atoms with Crippen LogP contribution in [0.1, 0.15) is 44.4 Å². The van der Waals surface area contributed by atoms with Gasteiger partial charge < -0.3 is 0 Å². The molecule has 0 fully saturated rings. The fourth-order valence-corrected chi connectivity index (χ4v) is 1.52. The highest BCUT2D eigenvalue weighted by atomic mass is 19.4. The van der Waals surface area contributed by atoms with Crippen LogP contribution in [0.15, 0.2) is 18.3 Å². The molecule has 0 aliphatic rings. The first-order valence-electron chi connectivity index (χ1n) is 5.39. The number of pyridine rings is 1. The molecule has 0 saturated carbocycles. The SMILES string of the molecule is CCC(C)[C@H](C)c1ccc(C(F)(F)F)nc1. The molecular weight excluding hydrogens is 215 g/mol. The molecule has 0 aliphatic carbocycles. The minimum atomic E-state index is -4.35. The third-order valence-electron chi connectivity index (χ3n) is 3.10. The van der Waals surface area contributed by atoms with Gasteiger partial charge in [-0.15, -0.1) is 0 Å². The highest BCUT2D eigenvalue weighted by molar-refractivity contribution is 5.19. The molecule has 1 aromatic rings. The minimum Gasteiger partial charge on any atom is -0.251 e. The van der Waals surface area contributed by atoms with E-state index in [2.05, 4.69) is 18.8 Å². The molecule has 1 heterocycles. The second kappa shape index (κ2) is 4.85. The van der Waals surface area contributed by atoms with Crippen molar-refractivity contribution in [3.8, 4) is 0 Å². The molecule has 0 radical (unpaired) electrons. The molecule has 90 valence electrons. The van der Waals surface area contributed by atoms with E-state index in [1.165, 1.54) is 12.3 Å². The van der Waals surface area contributed by atoms with Gasteiger partial charge >= 0.3 is 6.18 Å². The first-order valence-corrected chi connectivity index (χ1v) is 5.39. The number of halogens is 3. The Kier molecular flexibility index (Phi) is 3.94.